The number of ether oxygens (including phenoxy) is 4. The molecule has 1 saturated carbocycles. The monoisotopic (exact) mass is 754 g/mol. The lowest BCUT2D eigenvalue weighted by Gasteiger charge is -2.45. The molecule has 2 fully saturated rings. The van der Waals surface area contributed by atoms with E-state index in [2.05, 4.69) is 38.3 Å². The smallest absolute Gasteiger partial charge is 0.305 e. The summed E-state index contributed by atoms with van der Waals surface area (Å²) in [6.07, 6.45) is 11.0. The molecule has 1 aromatic carbocycles. The zero-order valence-electron chi connectivity index (χ0n) is 30.4. The lowest BCUT2D eigenvalue weighted by molar-refractivity contribution is -0.128. The molecule has 11 nitrogen and oxygen atoms in total. The molecule has 2 aromatic rings. The number of fused-ring (bicyclic) bond motifs is 4. The summed E-state index contributed by atoms with van der Waals surface area (Å²) in [6, 6.07) is 9.54. The molecule has 7 atom stereocenters. The van der Waals surface area contributed by atoms with Crippen LogP contribution < -0.4 is 14.4 Å². The van der Waals surface area contributed by atoms with Crippen molar-refractivity contribution in [3.63, 3.8) is 0 Å². The van der Waals surface area contributed by atoms with Crippen molar-refractivity contribution in [2.45, 2.75) is 88.1 Å². The molecule has 13 heteroatoms. The molecule has 2 aliphatic carbocycles. The van der Waals surface area contributed by atoms with Gasteiger partial charge < -0.3 is 23.8 Å². The van der Waals surface area contributed by atoms with Gasteiger partial charge in [0, 0.05) is 43.9 Å². The third-order valence-electron chi connectivity index (χ3n) is 12.0. The molecular formula is C39H51ClN4O7S. The number of methoxy groups -OCH3 is 1. The second-order valence-corrected chi connectivity index (χ2v) is 18.0. The van der Waals surface area contributed by atoms with Crippen LogP contribution in [0.5, 0.6) is 5.75 Å². The van der Waals surface area contributed by atoms with Crippen molar-refractivity contribution in [1.82, 2.24) is 9.71 Å². The molecule has 1 unspecified atom stereocenters. The number of benzene rings is 1. The highest BCUT2D eigenvalue weighted by atomic mass is 35.5. The van der Waals surface area contributed by atoms with Gasteiger partial charge in [0.05, 0.1) is 24.1 Å². The van der Waals surface area contributed by atoms with Crippen molar-refractivity contribution in [2.24, 2.45) is 22.1 Å². The standard InChI is InChI=1S/C39H51ClN4O7S/c1-25-6-4-8-34(48-3)31-11-9-28(31)21-44-23-39(17-5-7-27-20-29(40)10-12-32(27)39)24-51-35-14-13-33(41-37(35)44)38(46)43-52(47,26(25)2)42-36(45)22-50-30-15-18-49-19-16-30/h4,8,10,12-14,20,25-26,28,30-31,34H,5-7,9,11,15-19,21-24H2,1-3H3,(H,42,43,45,46,47)/b8-4+/t25-,26+,28-,31+,34-,39-,52?/m0/s1. The molecular weight excluding hydrogens is 704 g/mol. The van der Waals surface area contributed by atoms with E-state index in [0.29, 0.717) is 75.6 Å². The summed E-state index contributed by atoms with van der Waals surface area (Å²) >= 11 is 6.45. The van der Waals surface area contributed by atoms with E-state index >= 15 is 0 Å². The number of aromatic nitrogens is 1. The zero-order chi connectivity index (χ0) is 36.5. The number of amides is 2. The molecule has 1 saturated heterocycles. The Morgan fingerprint density at radius 2 is 1.98 bits per heavy atom. The number of nitrogens with one attached hydrogen (secondary N) is 1. The van der Waals surface area contributed by atoms with Crippen molar-refractivity contribution < 1.29 is 32.7 Å². The number of rotatable bonds is 5. The number of hydrogen-bond acceptors (Lipinski definition) is 9. The van der Waals surface area contributed by atoms with E-state index in [0.717, 1.165) is 37.1 Å². The second kappa shape index (κ2) is 15.8. The third-order valence-corrected chi connectivity index (χ3v) is 14.6. The van der Waals surface area contributed by atoms with Gasteiger partial charge in [-0.1, -0.05) is 36.7 Å². The normalized spacial score (nSPS) is 33.0. The Kier molecular flexibility index (Phi) is 11.3. The summed E-state index contributed by atoms with van der Waals surface area (Å²) in [4.78, 5) is 34.5. The highest BCUT2D eigenvalue weighted by Gasteiger charge is 2.45. The Morgan fingerprint density at radius 3 is 2.75 bits per heavy atom. The van der Waals surface area contributed by atoms with Crippen LogP contribution in [-0.4, -0.2) is 85.1 Å². The SMILES string of the molecule is CO[C@H]1/C=C/C[C@H](C)[C@@H](C)S(=O)(NC(=O)COC2CCOCC2)=NC(=O)c2ccc3c(n2)N(C[C@@H]2CC[C@H]21)C[C@@]1(CCCc2cc(Cl)ccc21)CO3. The molecule has 2 amide bonds. The number of hydrogen-bond donors (Lipinski definition) is 1. The number of pyridine rings is 1. The van der Waals surface area contributed by atoms with Crippen LogP contribution in [0.15, 0.2) is 46.8 Å². The lowest BCUT2D eigenvalue weighted by Crippen LogP contribution is -2.49. The van der Waals surface area contributed by atoms with Crippen molar-refractivity contribution in [1.29, 1.82) is 0 Å². The Bertz CT molecular complexity index is 1810. The second-order valence-electron chi connectivity index (χ2n) is 15.3. The minimum Gasteiger partial charge on any atom is -0.489 e. The summed E-state index contributed by atoms with van der Waals surface area (Å²) in [6.45, 7) is 6.41. The summed E-state index contributed by atoms with van der Waals surface area (Å²) < 4.78 is 45.5. The Hall–Kier alpha value is -3.03. The number of aryl methyl sites for hydroxylation is 1. The fraction of sp³-hybridized carbons (Fsp3) is 0.615. The number of nitrogens with zero attached hydrogens (tertiary/aromatic N) is 3. The van der Waals surface area contributed by atoms with Gasteiger partial charge in [0.15, 0.2) is 11.6 Å². The van der Waals surface area contributed by atoms with Crippen LogP contribution in [0.1, 0.15) is 80.4 Å². The molecule has 0 radical (unpaired) electrons. The molecule has 2 bridgehead atoms. The number of anilines is 1. The van der Waals surface area contributed by atoms with Crippen LogP contribution in [0.4, 0.5) is 5.82 Å². The van der Waals surface area contributed by atoms with Crippen LogP contribution in [0.25, 0.3) is 0 Å². The first kappa shape index (κ1) is 37.3. The molecule has 1 aromatic heterocycles. The van der Waals surface area contributed by atoms with Gasteiger partial charge in [-0.3, -0.25) is 14.3 Å². The molecule has 3 aliphatic heterocycles. The Balaban J connectivity index is 1.26. The molecule has 282 valence electrons. The number of halogens is 1. The molecule has 4 heterocycles. The van der Waals surface area contributed by atoms with Crippen LogP contribution in [0, 0.1) is 17.8 Å². The number of allylic oxidation sites excluding steroid dienone is 1. The van der Waals surface area contributed by atoms with Gasteiger partial charge >= 0.3 is 5.91 Å². The fourth-order valence-electron chi connectivity index (χ4n) is 8.56. The topological polar surface area (TPSA) is 129 Å². The zero-order valence-corrected chi connectivity index (χ0v) is 32.0. The van der Waals surface area contributed by atoms with E-state index in [9.17, 15) is 13.8 Å². The largest absolute Gasteiger partial charge is 0.489 e. The van der Waals surface area contributed by atoms with Crippen molar-refractivity contribution in [2.75, 3.05) is 51.5 Å². The van der Waals surface area contributed by atoms with Gasteiger partial charge in [0.1, 0.15) is 22.2 Å². The van der Waals surface area contributed by atoms with Gasteiger partial charge in [-0.05, 0) is 111 Å². The summed E-state index contributed by atoms with van der Waals surface area (Å²) in [5, 5.41) is 0.0605. The lowest BCUT2D eigenvalue weighted by atomic mass is 9.68. The Morgan fingerprint density at radius 1 is 1.15 bits per heavy atom. The number of carbonyl (C=O) groups is 2. The molecule has 1 N–H and O–H groups in total. The van der Waals surface area contributed by atoms with E-state index in [-0.39, 0.29) is 35.8 Å². The van der Waals surface area contributed by atoms with Crippen molar-refractivity contribution >= 4 is 39.1 Å². The van der Waals surface area contributed by atoms with Gasteiger partial charge in [0.25, 0.3) is 5.91 Å². The van der Waals surface area contributed by atoms with Crippen LogP contribution in [0.3, 0.4) is 0 Å². The predicted molar refractivity (Wildman–Crippen MR) is 200 cm³/mol. The van der Waals surface area contributed by atoms with E-state index in [1.165, 1.54) is 11.1 Å². The maximum atomic E-state index is 14.7. The van der Waals surface area contributed by atoms with Crippen molar-refractivity contribution in [3.8, 4) is 5.75 Å². The quantitative estimate of drug-likeness (QED) is 0.362. The summed E-state index contributed by atoms with van der Waals surface area (Å²) in [5.74, 6) is 0.297. The Labute approximate surface area is 312 Å². The highest BCUT2D eigenvalue weighted by Crippen LogP contribution is 2.46. The average Bonchev–Trinajstić information content (AvgIpc) is 3.28. The molecule has 1 spiro atoms. The highest BCUT2D eigenvalue weighted by molar-refractivity contribution is 7.93. The maximum Gasteiger partial charge on any atom is 0.305 e. The first-order chi connectivity index (χ1) is 25.1. The van der Waals surface area contributed by atoms with Crippen LogP contribution in [-0.2, 0) is 40.8 Å². The van der Waals surface area contributed by atoms with E-state index in [1.54, 1.807) is 26.2 Å². The molecule has 7 rings (SSSR count). The minimum absolute atomic E-state index is 0.0475. The van der Waals surface area contributed by atoms with Crippen LogP contribution in [0.2, 0.25) is 5.02 Å². The van der Waals surface area contributed by atoms with Gasteiger partial charge in [0.2, 0.25) is 0 Å². The van der Waals surface area contributed by atoms with Crippen molar-refractivity contribution in [3.05, 3.63) is 64.3 Å². The minimum atomic E-state index is -3.61. The summed E-state index contributed by atoms with van der Waals surface area (Å²) in [5.41, 5.74) is 2.24. The predicted octanol–water partition coefficient (Wildman–Crippen LogP) is 6.07. The van der Waals surface area contributed by atoms with Crippen LogP contribution >= 0.6 is 11.6 Å². The molecule has 5 aliphatic rings. The molecule has 52 heavy (non-hydrogen) atoms. The van der Waals surface area contributed by atoms with Gasteiger partial charge in [-0.2, -0.15) is 0 Å². The van der Waals surface area contributed by atoms with E-state index < -0.39 is 27.0 Å². The van der Waals surface area contributed by atoms with E-state index in [1.807, 2.05) is 13.0 Å². The average molecular weight is 755 g/mol. The van der Waals surface area contributed by atoms with E-state index in [4.69, 9.17) is 35.5 Å². The first-order valence-corrected chi connectivity index (χ1v) is 20.7. The fourth-order valence-corrected chi connectivity index (χ4v) is 10.6. The van der Waals surface area contributed by atoms with Gasteiger partial charge in [-0.15, -0.1) is 4.36 Å². The maximum absolute atomic E-state index is 14.7. The number of carbonyl (C=O) groups excluding carboxylic acids is 2. The summed E-state index contributed by atoms with van der Waals surface area (Å²) in [7, 11) is -1.86. The first-order valence-electron chi connectivity index (χ1n) is 18.7. The third kappa shape index (κ3) is 7.78. The van der Waals surface area contributed by atoms with Gasteiger partial charge in [-0.25, -0.2) is 9.19 Å².